The molecule has 1 heterocycles. The third-order valence-electron chi connectivity index (χ3n) is 4.60. The number of fused-ring (bicyclic) bond motifs is 1. The van der Waals surface area contributed by atoms with E-state index in [0.29, 0.717) is 36.1 Å². The van der Waals surface area contributed by atoms with Gasteiger partial charge in [-0.1, -0.05) is 24.3 Å². The molecule has 0 bridgehead atoms. The van der Waals surface area contributed by atoms with Crippen LogP contribution in [0.3, 0.4) is 0 Å². The minimum absolute atomic E-state index is 0.0918. The Morgan fingerprint density at radius 3 is 2.53 bits per heavy atom. The van der Waals surface area contributed by atoms with Crippen LogP contribution in [0, 0.1) is 0 Å². The van der Waals surface area contributed by atoms with Crippen molar-refractivity contribution < 1.29 is 19.1 Å². The summed E-state index contributed by atoms with van der Waals surface area (Å²) in [5.41, 5.74) is 2.10. The molecule has 1 aromatic heterocycles. The Labute approximate surface area is 187 Å². The van der Waals surface area contributed by atoms with Gasteiger partial charge in [0, 0.05) is 30.3 Å². The number of carbonyl (C=O) groups is 2. The fourth-order valence-electron chi connectivity index (χ4n) is 3.08. The lowest BCUT2D eigenvalue weighted by Gasteiger charge is -2.16. The smallest absolute Gasteiger partial charge is 0.246 e. The van der Waals surface area contributed by atoms with E-state index in [0.717, 1.165) is 10.9 Å². The van der Waals surface area contributed by atoms with Gasteiger partial charge in [-0.3, -0.25) is 9.59 Å². The third-order valence-corrected chi connectivity index (χ3v) is 4.60. The molecule has 0 spiro atoms. The lowest BCUT2D eigenvalue weighted by Crippen LogP contribution is -2.33. The molecular formula is C25H27N3O4. The van der Waals surface area contributed by atoms with Gasteiger partial charge in [0.25, 0.3) is 0 Å². The first-order valence-corrected chi connectivity index (χ1v) is 10.5. The van der Waals surface area contributed by atoms with Gasteiger partial charge in [-0.25, -0.2) is 4.98 Å². The van der Waals surface area contributed by atoms with Crippen LogP contribution in [0.1, 0.15) is 19.5 Å². The van der Waals surface area contributed by atoms with E-state index in [2.05, 4.69) is 10.3 Å². The van der Waals surface area contributed by atoms with Gasteiger partial charge in [-0.2, -0.15) is 0 Å². The zero-order chi connectivity index (χ0) is 22.9. The molecule has 0 aliphatic heterocycles. The van der Waals surface area contributed by atoms with Crippen LogP contribution >= 0.6 is 0 Å². The summed E-state index contributed by atoms with van der Waals surface area (Å²) in [5.74, 6) is 0.566. The first kappa shape index (κ1) is 22.8. The first-order chi connectivity index (χ1) is 15.5. The second-order valence-electron chi connectivity index (χ2n) is 7.03. The molecule has 3 rings (SSSR count). The largest absolute Gasteiger partial charge is 0.490 e. The highest BCUT2D eigenvalue weighted by molar-refractivity contribution is 5.98. The molecule has 3 aromatic rings. The van der Waals surface area contributed by atoms with E-state index in [-0.39, 0.29) is 18.4 Å². The van der Waals surface area contributed by atoms with Crippen molar-refractivity contribution in [2.45, 2.75) is 13.8 Å². The summed E-state index contributed by atoms with van der Waals surface area (Å²) >= 11 is 0. The molecule has 0 atom stereocenters. The Hall–Kier alpha value is -3.87. The Bertz CT molecular complexity index is 1130. The molecule has 0 unspecified atom stereocenters. The Balaban J connectivity index is 1.59. The molecule has 2 aromatic carbocycles. The topological polar surface area (TPSA) is 80.8 Å². The predicted octanol–water partition coefficient (Wildman–Crippen LogP) is 4.14. The fraction of sp³-hybridized carbons (Fsp3) is 0.240. The van der Waals surface area contributed by atoms with Gasteiger partial charge in [-0.15, -0.1) is 0 Å². The number of benzene rings is 2. The zero-order valence-electron chi connectivity index (χ0n) is 18.5. The van der Waals surface area contributed by atoms with Crippen molar-refractivity contribution >= 4 is 34.5 Å². The summed E-state index contributed by atoms with van der Waals surface area (Å²) in [7, 11) is 1.57. The molecule has 0 saturated carbocycles. The number of rotatable bonds is 9. The van der Waals surface area contributed by atoms with E-state index in [1.54, 1.807) is 31.3 Å². The van der Waals surface area contributed by atoms with Gasteiger partial charge in [0.2, 0.25) is 11.8 Å². The highest BCUT2D eigenvalue weighted by atomic mass is 16.5. The maximum absolute atomic E-state index is 12.4. The van der Waals surface area contributed by atoms with Crippen molar-refractivity contribution in [2.75, 3.05) is 32.1 Å². The minimum Gasteiger partial charge on any atom is -0.490 e. The number of nitrogens with one attached hydrogen (secondary N) is 1. The molecule has 166 valence electrons. The van der Waals surface area contributed by atoms with Crippen LogP contribution < -0.4 is 14.8 Å². The van der Waals surface area contributed by atoms with E-state index < -0.39 is 0 Å². The monoisotopic (exact) mass is 433 g/mol. The molecule has 0 aliphatic carbocycles. The Morgan fingerprint density at radius 1 is 1.00 bits per heavy atom. The van der Waals surface area contributed by atoms with E-state index >= 15 is 0 Å². The molecule has 2 amide bonds. The number of amides is 2. The molecule has 7 nitrogen and oxygen atoms in total. The highest BCUT2D eigenvalue weighted by Crippen LogP contribution is 2.30. The number of aromatic nitrogens is 1. The van der Waals surface area contributed by atoms with Crippen molar-refractivity contribution in [3.63, 3.8) is 0 Å². The van der Waals surface area contributed by atoms with E-state index in [1.165, 1.54) is 11.0 Å². The van der Waals surface area contributed by atoms with Crippen molar-refractivity contribution in [1.29, 1.82) is 0 Å². The van der Waals surface area contributed by atoms with Crippen LogP contribution in [0.4, 0.5) is 5.69 Å². The van der Waals surface area contributed by atoms with Crippen molar-refractivity contribution in [3.05, 3.63) is 66.4 Å². The number of para-hydroxylation sites is 1. The van der Waals surface area contributed by atoms with Crippen LogP contribution in [0.5, 0.6) is 11.5 Å². The number of pyridine rings is 1. The van der Waals surface area contributed by atoms with Crippen molar-refractivity contribution in [2.24, 2.45) is 0 Å². The number of hydrogen-bond acceptors (Lipinski definition) is 5. The van der Waals surface area contributed by atoms with Crippen LogP contribution in [0.15, 0.2) is 60.7 Å². The SMILES string of the molecule is CCOc1ccc(NC(=O)CN(C)C(=O)/C=C/c2ccc3ccccc3n2)cc1OCC. The maximum Gasteiger partial charge on any atom is 0.246 e. The summed E-state index contributed by atoms with van der Waals surface area (Å²) in [4.78, 5) is 30.7. The lowest BCUT2D eigenvalue weighted by atomic mass is 10.2. The highest BCUT2D eigenvalue weighted by Gasteiger charge is 2.13. The second-order valence-corrected chi connectivity index (χ2v) is 7.03. The zero-order valence-corrected chi connectivity index (χ0v) is 18.5. The number of ether oxygens (including phenoxy) is 2. The number of hydrogen-bond donors (Lipinski definition) is 1. The van der Waals surface area contributed by atoms with Crippen LogP contribution in [0.25, 0.3) is 17.0 Å². The normalized spacial score (nSPS) is 10.8. The van der Waals surface area contributed by atoms with Crippen LogP contribution in [0.2, 0.25) is 0 Å². The average Bonchev–Trinajstić information content (AvgIpc) is 2.79. The van der Waals surface area contributed by atoms with Crippen molar-refractivity contribution in [3.8, 4) is 11.5 Å². The summed E-state index contributed by atoms with van der Waals surface area (Å²) < 4.78 is 11.1. The quantitative estimate of drug-likeness (QED) is 0.513. The molecule has 7 heteroatoms. The Morgan fingerprint density at radius 2 is 1.75 bits per heavy atom. The Kier molecular flexibility index (Phi) is 7.80. The summed E-state index contributed by atoms with van der Waals surface area (Å²) in [6, 6.07) is 16.8. The average molecular weight is 434 g/mol. The van der Waals surface area contributed by atoms with Crippen LogP contribution in [-0.2, 0) is 9.59 Å². The van der Waals surface area contributed by atoms with Gasteiger partial charge in [0.15, 0.2) is 11.5 Å². The molecule has 0 aliphatic rings. The fourth-order valence-corrected chi connectivity index (χ4v) is 3.08. The van der Waals surface area contributed by atoms with Crippen LogP contribution in [-0.4, -0.2) is 48.5 Å². The maximum atomic E-state index is 12.4. The van der Waals surface area contributed by atoms with E-state index in [4.69, 9.17) is 9.47 Å². The van der Waals surface area contributed by atoms with E-state index in [9.17, 15) is 9.59 Å². The molecule has 0 fully saturated rings. The minimum atomic E-state index is -0.315. The van der Waals surface area contributed by atoms with E-state index in [1.807, 2.05) is 50.2 Å². The standard InChI is InChI=1S/C25H27N3O4/c1-4-31-22-14-12-20(16-23(22)32-5-2)27-24(29)17-28(3)25(30)15-13-19-11-10-18-8-6-7-9-21(18)26-19/h6-16H,4-5,17H2,1-3H3,(H,27,29)/b15-13+. The second kappa shape index (κ2) is 10.9. The number of likely N-dealkylation sites (N-methyl/N-ethyl adjacent to an activating group) is 1. The number of nitrogens with zero attached hydrogens (tertiary/aromatic N) is 2. The summed E-state index contributed by atoms with van der Waals surface area (Å²) in [6.07, 6.45) is 3.05. The van der Waals surface area contributed by atoms with Gasteiger partial charge in [0.1, 0.15) is 0 Å². The van der Waals surface area contributed by atoms with Crippen molar-refractivity contribution in [1.82, 2.24) is 9.88 Å². The number of carbonyl (C=O) groups excluding carboxylic acids is 2. The third kappa shape index (κ3) is 6.07. The van der Waals surface area contributed by atoms with Gasteiger partial charge >= 0.3 is 0 Å². The molecule has 1 N–H and O–H groups in total. The molecular weight excluding hydrogens is 406 g/mol. The number of anilines is 1. The van der Waals surface area contributed by atoms with Gasteiger partial charge in [-0.05, 0) is 44.2 Å². The molecule has 0 saturated heterocycles. The first-order valence-electron chi connectivity index (χ1n) is 10.5. The predicted molar refractivity (Wildman–Crippen MR) is 126 cm³/mol. The molecule has 32 heavy (non-hydrogen) atoms. The summed E-state index contributed by atoms with van der Waals surface area (Å²) in [6.45, 7) is 4.67. The summed E-state index contributed by atoms with van der Waals surface area (Å²) in [5, 5.41) is 3.82. The molecule has 0 radical (unpaired) electrons. The van der Waals surface area contributed by atoms with Gasteiger partial charge in [0.05, 0.1) is 31.0 Å². The van der Waals surface area contributed by atoms with Gasteiger partial charge < -0.3 is 19.7 Å². The lowest BCUT2D eigenvalue weighted by molar-refractivity contribution is -0.129.